The van der Waals surface area contributed by atoms with Crippen LogP contribution in [-0.2, 0) is 0 Å². The van der Waals surface area contributed by atoms with Gasteiger partial charge in [0.05, 0.1) is 16.8 Å². The first-order valence-electron chi connectivity index (χ1n) is 5.52. The molecule has 1 aromatic carbocycles. The fraction of sp³-hybridized carbons (Fsp3) is 0. The first kappa shape index (κ1) is 14.7. The number of nitrogens with zero attached hydrogens (tertiary/aromatic N) is 2. The van der Waals surface area contributed by atoms with Crippen molar-refractivity contribution in [2.45, 2.75) is 0 Å². The fourth-order valence-corrected chi connectivity index (χ4v) is 1.58. The van der Waals surface area contributed by atoms with Crippen molar-refractivity contribution < 1.29 is 22.0 Å². The molecular formula is C14H5F5N2. The van der Waals surface area contributed by atoms with E-state index in [0.29, 0.717) is 6.08 Å². The molecule has 2 nitrogen and oxygen atoms in total. The summed E-state index contributed by atoms with van der Waals surface area (Å²) < 4.78 is 66.1. The molecule has 0 saturated carbocycles. The summed E-state index contributed by atoms with van der Waals surface area (Å²) in [5, 5.41) is 8.95. The number of pyridine rings is 1. The second-order valence-electron chi connectivity index (χ2n) is 3.87. The summed E-state index contributed by atoms with van der Waals surface area (Å²) in [5.41, 5.74) is -1.48. The lowest BCUT2D eigenvalue weighted by Gasteiger charge is -2.05. The van der Waals surface area contributed by atoms with Gasteiger partial charge in [0.2, 0.25) is 5.82 Å². The van der Waals surface area contributed by atoms with E-state index in [1.54, 1.807) is 6.07 Å². The standard InChI is InChI=1S/C14H5F5N2/c15-10-8(11(16)13(18)14(19)12(10)17)5-7(6-20)9-3-1-2-4-21-9/h1-5H. The number of allylic oxidation sites excluding steroid dienone is 1. The minimum Gasteiger partial charge on any atom is -0.256 e. The minimum absolute atomic E-state index is 0.0453. The van der Waals surface area contributed by atoms with Gasteiger partial charge < -0.3 is 0 Å². The van der Waals surface area contributed by atoms with Crippen molar-refractivity contribution in [3.05, 3.63) is 64.7 Å². The molecular weight excluding hydrogens is 291 g/mol. The van der Waals surface area contributed by atoms with Gasteiger partial charge in [0, 0.05) is 6.20 Å². The van der Waals surface area contributed by atoms with Crippen LogP contribution in [0.3, 0.4) is 0 Å². The van der Waals surface area contributed by atoms with Crippen LogP contribution in [0.2, 0.25) is 0 Å². The van der Waals surface area contributed by atoms with Crippen LogP contribution in [0.1, 0.15) is 11.3 Å². The summed E-state index contributed by atoms with van der Waals surface area (Å²) in [5.74, 6) is -10.4. The average Bonchev–Trinajstić information content (AvgIpc) is 2.52. The molecule has 0 aliphatic rings. The van der Waals surface area contributed by atoms with E-state index in [1.807, 2.05) is 0 Å². The molecule has 0 aliphatic carbocycles. The predicted octanol–water partition coefficient (Wildman–Crippen LogP) is 3.84. The number of benzene rings is 1. The Hall–Kier alpha value is -2.75. The first-order chi connectivity index (χ1) is 9.97. The maximum absolute atomic E-state index is 13.5. The van der Waals surface area contributed by atoms with Crippen molar-refractivity contribution in [1.82, 2.24) is 4.98 Å². The van der Waals surface area contributed by atoms with Crippen LogP contribution in [-0.4, -0.2) is 4.98 Å². The molecule has 0 N–H and O–H groups in total. The summed E-state index contributed by atoms with van der Waals surface area (Å²) in [6.45, 7) is 0. The first-order valence-corrected chi connectivity index (χ1v) is 5.52. The highest BCUT2D eigenvalue weighted by Gasteiger charge is 2.25. The second-order valence-corrected chi connectivity index (χ2v) is 3.87. The zero-order chi connectivity index (χ0) is 15.6. The minimum atomic E-state index is -2.25. The van der Waals surface area contributed by atoms with Gasteiger partial charge in [0.15, 0.2) is 23.3 Å². The van der Waals surface area contributed by atoms with Gasteiger partial charge in [-0.2, -0.15) is 5.26 Å². The summed E-state index contributed by atoms with van der Waals surface area (Å²) in [6, 6.07) is 6.01. The van der Waals surface area contributed by atoms with Crippen molar-refractivity contribution in [3.8, 4) is 6.07 Å². The van der Waals surface area contributed by atoms with E-state index in [0.717, 1.165) is 0 Å². The zero-order valence-electron chi connectivity index (χ0n) is 10.2. The van der Waals surface area contributed by atoms with E-state index in [9.17, 15) is 22.0 Å². The van der Waals surface area contributed by atoms with Crippen LogP contribution in [0.25, 0.3) is 11.6 Å². The normalized spacial score (nSPS) is 11.3. The molecule has 2 rings (SSSR count). The van der Waals surface area contributed by atoms with Crippen LogP contribution in [0.5, 0.6) is 0 Å². The van der Waals surface area contributed by atoms with Gasteiger partial charge in [-0.15, -0.1) is 0 Å². The molecule has 0 saturated heterocycles. The Bertz CT molecular complexity index is 734. The Labute approximate surface area is 115 Å². The number of aromatic nitrogens is 1. The van der Waals surface area contributed by atoms with Gasteiger partial charge in [0.1, 0.15) is 6.07 Å². The van der Waals surface area contributed by atoms with Crippen molar-refractivity contribution in [2.75, 3.05) is 0 Å². The van der Waals surface area contributed by atoms with Gasteiger partial charge in [-0.25, -0.2) is 22.0 Å². The van der Waals surface area contributed by atoms with Crippen LogP contribution in [0.4, 0.5) is 22.0 Å². The SMILES string of the molecule is N#CC(=Cc1c(F)c(F)c(F)c(F)c1F)c1ccccn1. The number of nitriles is 1. The summed E-state index contributed by atoms with van der Waals surface area (Å²) in [6.07, 6.45) is 1.89. The molecule has 1 heterocycles. The average molecular weight is 296 g/mol. The smallest absolute Gasteiger partial charge is 0.200 e. The Balaban J connectivity index is 2.68. The lowest BCUT2D eigenvalue weighted by Crippen LogP contribution is -2.04. The van der Waals surface area contributed by atoms with Crippen molar-refractivity contribution >= 4 is 11.6 Å². The van der Waals surface area contributed by atoms with E-state index in [2.05, 4.69) is 4.98 Å². The van der Waals surface area contributed by atoms with Crippen molar-refractivity contribution in [2.24, 2.45) is 0 Å². The topological polar surface area (TPSA) is 36.7 Å². The Morgan fingerprint density at radius 1 is 0.952 bits per heavy atom. The Kier molecular flexibility index (Phi) is 3.98. The molecule has 106 valence electrons. The monoisotopic (exact) mass is 296 g/mol. The Morgan fingerprint density at radius 2 is 1.52 bits per heavy atom. The largest absolute Gasteiger partial charge is 0.256 e. The van der Waals surface area contributed by atoms with Crippen LogP contribution >= 0.6 is 0 Å². The van der Waals surface area contributed by atoms with E-state index in [4.69, 9.17) is 5.26 Å². The van der Waals surface area contributed by atoms with Crippen LogP contribution in [0, 0.1) is 40.4 Å². The third-order valence-electron chi connectivity index (χ3n) is 2.59. The molecule has 2 aromatic rings. The Morgan fingerprint density at radius 3 is 2.00 bits per heavy atom. The number of rotatable bonds is 2. The fourth-order valence-electron chi connectivity index (χ4n) is 1.58. The van der Waals surface area contributed by atoms with E-state index < -0.39 is 34.6 Å². The van der Waals surface area contributed by atoms with Gasteiger partial charge in [-0.05, 0) is 18.2 Å². The summed E-state index contributed by atoms with van der Waals surface area (Å²) >= 11 is 0. The highest BCUT2D eigenvalue weighted by atomic mass is 19.2. The molecule has 0 fully saturated rings. The molecule has 0 unspecified atom stereocenters. The van der Waals surface area contributed by atoms with E-state index in [1.165, 1.54) is 24.4 Å². The van der Waals surface area contributed by atoms with Gasteiger partial charge in [-0.3, -0.25) is 4.98 Å². The van der Waals surface area contributed by atoms with Crippen molar-refractivity contribution in [3.63, 3.8) is 0 Å². The van der Waals surface area contributed by atoms with E-state index >= 15 is 0 Å². The molecule has 0 spiro atoms. The molecule has 0 aliphatic heterocycles. The number of halogens is 5. The highest BCUT2D eigenvalue weighted by molar-refractivity contribution is 5.88. The number of hydrogen-bond acceptors (Lipinski definition) is 2. The lowest BCUT2D eigenvalue weighted by molar-refractivity contribution is 0.377. The quantitative estimate of drug-likeness (QED) is 0.365. The van der Waals surface area contributed by atoms with Crippen LogP contribution in [0.15, 0.2) is 24.4 Å². The second kappa shape index (κ2) is 5.71. The maximum atomic E-state index is 13.5. The highest BCUT2D eigenvalue weighted by Crippen LogP contribution is 2.26. The maximum Gasteiger partial charge on any atom is 0.200 e. The third-order valence-corrected chi connectivity index (χ3v) is 2.59. The van der Waals surface area contributed by atoms with Crippen LogP contribution < -0.4 is 0 Å². The molecule has 1 aromatic heterocycles. The number of hydrogen-bond donors (Lipinski definition) is 0. The van der Waals surface area contributed by atoms with Crippen molar-refractivity contribution in [1.29, 1.82) is 5.26 Å². The molecule has 7 heteroatoms. The summed E-state index contributed by atoms with van der Waals surface area (Å²) in [4.78, 5) is 3.77. The molecule has 0 atom stereocenters. The van der Waals surface area contributed by atoms with Gasteiger partial charge in [-0.1, -0.05) is 6.07 Å². The van der Waals surface area contributed by atoms with Gasteiger partial charge in [0.25, 0.3) is 0 Å². The summed E-state index contributed by atoms with van der Waals surface area (Å²) in [7, 11) is 0. The van der Waals surface area contributed by atoms with Gasteiger partial charge >= 0.3 is 0 Å². The van der Waals surface area contributed by atoms with E-state index in [-0.39, 0.29) is 11.3 Å². The molecule has 0 amide bonds. The zero-order valence-corrected chi connectivity index (χ0v) is 10.2. The molecule has 21 heavy (non-hydrogen) atoms. The third kappa shape index (κ3) is 2.60. The molecule has 0 radical (unpaired) electrons. The predicted molar refractivity (Wildman–Crippen MR) is 64.0 cm³/mol. The molecule has 0 bridgehead atoms. The lowest BCUT2D eigenvalue weighted by atomic mass is 10.1.